The predicted octanol–water partition coefficient (Wildman–Crippen LogP) is 1.51. The van der Waals surface area contributed by atoms with E-state index in [-0.39, 0.29) is 18.2 Å². The van der Waals surface area contributed by atoms with E-state index in [1.54, 1.807) is 12.1 Å². The molecule has 0 saturated heterocycles. The summed E-state index contributed by atoms with van der Waals surface area (Å²) in [6.07, 6.45) is 0. The quantitative estimate of drug-likeness (QED) is 0.923. The molecule has 1 atom stereocenters. The third-order valence-corrected chi connectivity index (χ3v) is 3.69. The highest BCUT2D eigenvalue weighted by atomic mass is 16.5. The number of carboxylic acid groups (broad SMARTS) is 1. The third-order valence-electron chi connectivity index (χ3n) is 3.69. The van der Waals surface area contributed by atoms with E-state index < -0.39 is 17.8 Å². The number of ether oxygens (including phenoxy) is 1. The lowest BCUT2D eigenvalue weighted by atomic mass is 9.89. The summed E-state index contributed by atoms with van der Waals surface area (Å²) in [5, 5.41) is 13.0. The number of hydrogen-bond acceptors (Lipinski definition) is 5. The van der Waals surface area contributed by atoms with Crippen LogP contribution >= 0.6 is 0 Å². The van der Waals surface area contributed by atoms with Gasteiger partial charge in [-0.2, -0.15) is 0 Å². The lowest BCUT2D eigenvalue weighted by Gasteiger charge is -2.32. The minimum atomic E-state index is -0.958. The summed E-state index contributed by atoms with van der Waals surface area (Å²) in [6.45, 7) is 0.427. The Morgan fingerprint density at radius 2 is 2.18 bits per heavy atom. The van der Waals surface area contributed by atoms with Crippen molar-refractivity contribution >= 4 is 11.9 Å². The average Bonchev–Trinajstić information content (AvgIpc) is 3.02. The maximum absolute atomic E-state index is 12.5. The van der Waals surface area contributed by atoms with Gasteiger partial charge < -0.3 is 19.3 Å². The van der Waals surface area contributed by atoms with Crippen molar-refractivity contribution in [3.8, 4) is 5.88 Å². The van der Waals surface area contributed by atoms with Crippen LogP contribution in [0.1, 0.15) is 27.6 Å². The van der Waals surface area contributed by atoms with Crippen LogP contribution in [0.3, 0.4) is 0 Å². The Labute approximate surface area is 126 Å². The van der Waals surface area contributed by atoms with Crippen molar-refractivity contribution in [2.45, 2.75) is 12.5 Å². The number of aliphatic carboxylic acids is 1. The van der Waals surface area contributed by atoms with Gasteiger partial charge in [0.2, 0.25) is 5.76 Å². The first-order valence-electron chi connectivity index (χ1n) is 6.70. The van der Waals surface area contributed by atoms with Crippen LogP contribution in [-0.4, -0.2) is 40.7 Å². The van der Waals surface area contributed by atoms with Crippen LogP contribution in [-0.2, 0) is 11.3 Å². The van der Waals surface area contributed by atoms with E-state index in [4.69, 9.17) is 9.26 Å². The second-order valence-corrected chi connectivity index (χ2v) is 5.01. The standard InChI is InChI=1S/C15H14N2O5/c1-21-13-6-12(22-16-13)14(18)17-7-9-4-2-3-5-10(9)11(8-17)15(19)20/h2-6,11H,7-8H2,1H3,(H,19,20). The molecule has 1 aliphatic heterocycles. The number of rotatable bonds is 3. The molecule has 3 rings (SSSR count). The predicted molar refractivity (Wildman–Crippen MR) is 74.6 cm³/mol. The second kappa shape index (κ2) is 5.51. The first-order valence-corrected chi connectivity index (χ1v) is 6.70. The molecule has 1 aromatic heterocycles. The maximum Gasteiger partial charge on any atom is 0.312 e. The number of fused-ring (bicyclic) bond motifs is 1. The fraction of sp³-hybridized carbons (Fsp3) is 0.267. The number of amides is 1. The van der Waals surface area contributed by atoms with E-state index in [1.165, 1.54) is 18.1 Å². The van der Waals surface area contributed by atoms with Crippen LogP contribution in [0.4, 0.5) is 0 Å². The minimum absolute atomic E-state index is 0.0281. The van der Waals surface area contributed by atoms with E-state index >= 15 is 0 Å². The molecule has 2 aromatic rings. The van der Waals surface area contributed by atoms with E-state index in [0.29, 0.717) is 6.54 Å². The van der Waals surface area contributed by atoms with Crippen molar-refractivity contribution in [1.82, 2.24) is 10.1 Å². The highest BCUT2D eigenvalue weighted by Gasteiger charge is 2.33. The number of nitrogens with zero attached hydrogens (tertiary/aromatic N) is 2. The summed E-state index contributed by atoms with van der Waals surface area (Å²) >= 11 is 0. The highest BCUT2D eigenvalue weighted by Crippen LogP contribution is 2.29. The molecule has 0 fully saturated rings. The lowest BCUT2D eigenvalue weighted by molar-refractivity contribution is -0.139. The number of carbonyl (C=O) groups is 2. The maximum atomic E-state index is 12.5. The third kappa shape index (κ3) is 2.41. The van der Waals surface area contributed by atoms with E-state index in [1.807, 2.05) is 12.1 Å². The minimum Gasteiger partial charge on any atom is -0.481 e. The Hall–Kier alpha value is -2.83. The second-order valence-electron chi connectivity index (χ2n) is 5.01. The summed E-state index contributed by atoms with van der Waals surface area (Å²) in [6, 6.07) is 8.62. The first-order chi connectivity index (χ1) is 10.6. The van der Waals surface area contributed by atoms with E-state index in [0.717, 1.165) is 11.1 Å². The number of benzene rings is 1. The van der Waals surface area contributed by atoms with Gasteiger partial charge in [-0.25, -0.2) is 0 Å². The van der Waals surface area contributed by atoms with E-state index in [2.05, 4.69) is 5.16 Å². The fourth-order valence-corrected chi connectivity index (χ4v) is 2.58. The van der Waals surface area contributed by atoms with Gasteiger partial charge in [0, 0.05) is 13.1 Å². The molecule has 0 radical (unpaired) electrons. The summed E-state index contributed by atoms with van der Waals surface area (Å²) < 4.78 is 9.82. The summed E-state index contributed by atoms with van der Waals surface area (Å²) in [7, 11) is 1.42. The number of methoxy groups -OCH3 is 1. The Balaban J connectivity index is 1.90. The van der Waals surface area contributed by atoms with Crippen molar-refractivity contribution in [3.05, 3.63) is 47.2 Å². The molecule has 1 aliphatic rings. The van der Waals surface area contributed by atoms with E-state index in [9.17, 15) is 14.7 Å². The molecule has 114 valence electrons. The number of aromatic nitrogens is 1. The van der Waals surface area contributed by atoms with Crippen molar-refractivity contribution in [2.24, 2.45) is 0 Å². The van der Waals surface area contributed by atoms with Crippen LogP contribution in [0.25, 0.3) is 0 Å². The van der Waals surface area contributed by atoms with Crippen molar-refractivity contribution in [2.75, 3.05) is 13.7 Å². The zero-order valence-electron chi connectivity index (χ0n) is 11.9. The summed E-state index contributed by atoms with van der Waals surface area (Å²) in [5.74, 6) is -1.88. The molecular weight excluding hydrogens is 288 g/mol. The van der Waals surface area contributed by atoms with Gasteiger partial charge in [0.1, 0.15) is 0 Å². The largest absolute Gasteiger partial charge is 0.481 e. The van der Waals surface area contributed by atoms with Crippen LogP contribution in [0, 0.1) is 0 Å². The SMILES string of the molecule is COc1cc(C(=O)N2Cc3ccccc3C(C(=O)O)C2)on1. The van der Waals surface area contributed by atoms with Gasteiger partial charge in [-0.15, -0.1) is 0 Å². The Kier molecular flexibility index (Phi) is 3.54. The van der Waals surface area contributed by atoms with Crippen LogP contribution in [0.15, 0.2) is 34.9 Å². The zero-order chi connectivity index (χ0) is 15.7. The number of carbonyl (C=O) groups excluding carboxylic acids is 1. The normalized spacial score (nSPS) is 17.0. The highest BCUT2D eigenvalue weighted by molar-refractivity contribution is 5.92. The molecule has 1 aromatic carbocycles. The van der Waals surface area contributed by atoms with Crippen LogP contribution < -0.4 is 4.74 Å². The van der Waals surface area contributed by atoms with Gasteiger partial charge in [-0.1, -0.05) is 24.3 Å². The molecule has 1 N–H and O–H groups in total. The Morgan fingerprint density at radius 1 is 1.41 bits per heavy atom. The molecular formula is C15H14N2O5. The lowest BCUT2D eigenvalue weighted by Crippen LogP contribution is -2.40. The molecule has 0 saturated carbocycles. The van der Waals surface area contributed by atoms with Gasteiger partial charge in [0.05, 0.1) is 19.1 Å². The van der Waals surface area contributed by atoms with Gasteiger partial charge >= 0.3 is 5.97 Å². The topological polar surface area (TPSA) is 92.9 Å². The van der Waals surface area contributed by atoms with Gasteiger partial charge in [-0.3, -0.25) is 9.59 Å². The molecule has 0 aliphatic carbocycles. The molecule has 0 spiro atoms. The van der Waals surface area contributed by atoms with Gasteiger partial charge in [0.25, 0.3) is 11.8 Å². The molecule has 7 nitrogen and oxygen atoms in total. The van der Waals surface area contributed by atoms with Crippen LogP contribution in [0.5, 0.6) is 5.88 Å². The smallest absolute Gasteiger partial charge is 0.312 e. The van der Waals surface area contributed by atoms with Gasteiger partial charge in [-0.05, 0) is 16.3 Å². The first kappa shape index (κ1) is 14.1. The molecule has 1 amide bonds. The molecule has 1 unspecified atom stereocenters. The molecule has 2 heterocycles. The van der Waals surface area contributed by atoms with Crippen molar-refractivity contribution < 1.29 is 24.0 Å². The van der Waals surface area contributed by atoms with Crippen LogP contribution in [0.2, 0.25) is 0 Å². The van der Waals surface area contributed by atoms with Crippen molar-refractivity contribution in [1.29, 1.82) is 0 Å². The van der Waals surface area contributed by atoms with Gasteiger partial charge in [0.15, 0.2) is 0 Å². The summed E-state index contributed by atoms with van der Waals surface area (Å²) in [4.78, 5) is 25.4. The molecule has 0 bridgehead atoms. The Bertz CT molecular complexity index is 724. The van der Waals surface area contributed by atoms with Crippen molar-refractivity contribution in [3.63, 3.8) is 0 Å². The number of carboxylic acids is 1. The molecule has 22 heavy (non-hydrogen) atoms. The average molecular weight is 302 g/mol. The zero-order valence-corrected chi connectivity index (χ0v) is 11.9. The summed E-state index contributed by atoms with van der Waals surface area (Å²) in [5.41, 5.74) is 1.56. The molecule has 7 heteroatoms. The Morgan fingerprint density at radius 3 is 2.86 bits per heavy atom. The number of hydrogen-bond donors (Lipinski definition) is 1. The monoisotopic (exact) mass is 302 g/mol. The fourth-order valence-electron chi connectivity index (χ4n) is 2.58.